The van der Waals surface area contributed by atoms with Gasteiger partial charge in [0.05, 0.1) is 24.6 Å². The van der Waals surface area contributed by atoms with Crippen molar-refractivity contribution in [1.29, 1.82) is 0 Å². The van der Waals surface area contributed by atoms with Crippen molar-refractivity contribution >= 4 is 23.2 Å². The number of methoxy groups -OCH3 is 1. The first-order valence-corrected chi connectivity index (χ1v) is 10.9. The number of nitrogens with zero attached hydrogens (tertiary/aromatic N) is 3. The molecule has 0 saturated heterocycles. The second kappa shape index (κ2) is 8.85. The minimum absolute atomic E-state index is 0.0468. The van der Waals surface area contributed by atoms with E-state index >= 15 is 0 Å². The minimum atomic E-state index is -0.794. The molecule has 1 aromatic heterocycles. The Kier molecular flexibility index (Phi) is 6.79. The lowest BCUT2D eigenvalue weighted by molar-refractivity contribution is -0.132. The Hall–Kier alpha value is -1.64. The second-order valence-electron chi connectivity index (χ2n) is 9.42. The van der Waals surface area contributed by atoms with Gasteiger partial charge in [0.2, 0.25) is 5.91 Å². The van der Waals surface area contributed by atoms with Crippen molar-refractivity contribution in [2.45, 2.75) is 52.3 Å². The van der Waals surface area contributed by atoms with Crippen LogP contribution in [-0.2, 0) is 16.1 Å². The van der Waals surface area contributed by atoms with Crippen molar-refractivity contribution in [3.63, 3.8) is 0 Å². The molecule has 3 saturated carbocycles. The number of nitrogens with one attached hydrogen (secondary N) is 1. The van der Waals surface area contributed by atoms with Gasteiger partial charge < -0.3 is 20.1 Å². The van der Waals surface area contributed by atoms with Gasteiger partial charge in [0.25, 0.3) is 5.56 Å². The van der Waals surface area contributed by atoms with E-state index in [0.717, 1.165) is 11.1 Å². The molecule has 2 bridgehead atoms. The Morgan fingerprint density at radius 2 is 2.20 bits per heavy atom. The van der Waals surface area contributed by atoms with Gasteiger partial charge >= 0.3 is 0 Å². The highest BCUT2D eigenvalue weighted by Gasteiger charge is 2.56. The third kappa shape index (κ3) is 4.36. The molecule has 1 amide bonds. The number of carbonyl (C=O) groups excluding carboxylic acids is 1. The third-order valence-electron chi connectivity index (χ3n) is 7.23. The van der Waals surface area contributed by atoms with Crippen LogP contribution in [-0.4, -0.2) is 65.1 Å². The van der Waals surface area contributed by atoms with E-state index in [4.69, 9.17) is 16.3 Å². The first kappa shape index (κ1) is 23.0. The zero-order valence-corrected chi connectivity index (χ0v) is 19.1. The molecule has 9 heteroatoms. The summed E-state index contributed by atoms with van der Waals surface area (Å²) in [7, 11) is 3.03. The first-order chi connectivity index (χ1) is 14.1. The van der Waals surface area contributed by atoms with E-state index in [-0.39, 0.29) is 36.7 Å². The van der Waals surface area contributed by atoms with Crippen molar-refractivity contribution < 1.29 is 14.6 Å². The Bertz CT molecular complexity index is 843. The molecule has 3 aliphatic carbocycles. The Labute approximate surface area is 182 Å². The van der Waals surface area contributed by atoms with Gasteiger partial charge in [-0.2, -0.15) is 5.10 Å². The number of ether oxygens (including phenoxy) is 1. The molecule has 0 radical (unpaired) electrons. The fourth-order valence-electron chi connectivity index (χ4n) is 5.13. The van der Waals surface area contributed by atoms with E-state index in [9.17, 15) is 14.7 Å². The van der Waals surface area contributed by atoms with Crippen molar-refractivity contribution in [2.75, 3.05) is 32.6 Å². The molecule has 4 rings (SSSR count). The van der Waals surface area contributed by atoms with Crippen LogP contribution in [0.4, 0.5) is 5.69 Å². The van der Waals surface area contributed by atoms with E-state index in [0.29, 0.717) is 28.9 Å². The van der Waals surface area contributed by atoms with Crippen LogP contribution >= 0.6 is 11.6 Å². The van der Waals surface area contributed by atoms with Gasteiger partial charge in [-0.3, -0.25) is 9.59 Å². The highest BCUT2D eigenvalue weighted by atomic mass is 35.5. The van der Waals surface area contributed by atoms with Crippen LogP contribution in [0, 0.1) is 23.2 Å². The number of rotatable bonds is 8. The topological polar surface area (TPSA) is 96.7 Å². The number of fused-ring (bicyclic) bond motifs is 2. The summed E-state index contributed by atoms with van der Waals surface area (Å²) >= 11 is 6.34. The summed E-state index contributed by atoms with van der Waals surface area (Å²) in [5, 5.41) is 17.4. The monoisotopic (exact) mass is 440 g/mol. The zero-order chi connectivity index (χ0) is 22.2. The van der Waals surface area contributed by atoms with Crippen LogP contribution in [0.15, 0.2) is 11.0 Å². The molecule has 3 aliphatic rings. The largest absolute Gasteiger partial charge is 0.389 e. The van der Waals surface area contributed by atoms with Gasteiger partial charge in [-0.25, -0.2) is 4.68 Å². The Morgan fingerprint density at radius 3 is 2.80 bits per heavy atom. The van der Waals surface area contributed by atoms with E-state index in [1.807, 2.05) is 0 Å². The van der Waals surface area contributed by atoms with E-state index in [2.05, 4.69) is 31.2 Å². The molecule has 0 spiro atoms. The maximum absolute atomic E-state index is 12.7. The average molecular weight is 441 g/mol. The number of halogens is 1. The molecule has 0 unspecified atom stereocenters. The number of anilines is 1. The highest BCUT2D eigenvalue weighted by Crippen LogP contribution is 2.61. The fraction of sp³-hybridized carbons (Fsp3) is 0.762. The summed E-state index contributed by atoms with van der Waals surface area (Å²) in [6.45, 7) is 6.93. The van der Waals surface area contributed by atoms with Gasteiger partial charge in [0, 0.05) is 26.7 Å². The number of aromatic nitrogens is 2. The van der Waals surface area contributed by atoms with Crippen molar-refractivity contribution in [3.05, 3.63) is 21.6 Å². The lowest BCUT2D eigenvalue weighted by Crippen LogP contribution is -2.58. The highest BCUT2D eigenvalue weighted by molar-refractivity contribution is 6.32. The van der Waals surface area contributed by atoms with Crippen LogP contribution in [0.3, 0.4) is 0 Å². The zero-order valence-electron chi connectivity index (χ0n) is 18.4. The Balaban J connectivity index is 1.65. The van der Waals surface area contributed by atoms with E-state index in [1.54, 1.807) is 7.05 Å². The quantitative estimate of drug-likeness (QED) is 0.640. The van der Waals surface area contributed by atoms with Gasteiger partial charge in [0.1, 0.15) is 11.6 Å². The third-order valence-corrected chi connectivity index (χ3v) is 7.60. The molecule has 3 fully saturated rings. The second-order valence-corrected chi connectivity index (χ2v) is 9.80. The van der Waals surface area contributed by atoms with Crippen LogP contribution in [0.5, 0.6) is 0 Å². The summed E-state index contributed by atoms with van der Waals surface area (Å²) < 4.78 is 5.92. The normalized spacial score (nSPS) is 27.8. The molecule has 0 aliphatic heterocycles. The van der Waals surface area contributed by atoms with Crippen LogP contribution in [0.1, 0.15) is 33.6 Å². The van der Waals surface area contributed by atoms with Crippen molar-refractivity contribution in [3.8, 4) is 0 Å². The lowest BCUT2D eigenvalue weighted by atomic mass is 9.45. The molecule has 5 atom stereocenters. The predicted molar refractivity (Wildman–Crippen MR) is 116 cm³/mol. The van der Waals surface area contributed by atoms with E-state index in [1.165, 1.54) is 24.6 Å². The van der Waals surface area contributed by atoms with Crippen LogP contribution < -0.4 is 10.9 Å². The summed E-state index contributed by atoms with van der Waals surface area (Å²) in [6, 6.07) is 0.256. The smallest absolute Gasteiger partial charge is 0.288 e. The van der Waals surface area contributed by atoms with Gasteiger partial charge in [-0.1, -0.05) is 32.4 Å². The molecule has 2 N–H and O–H groups in total. The maximum Gasteiger partial charge on any atom is 0.288 e. The summed E-state index contributed by atoms with van der Waals surface area (Å²) in [5.74, 6) is 1.49. The van der Waals surface area contributed by atoms with Crippen molar-refractivity contribution in [1.82, 2.24) is 14.7 Å². The van der Waals surface area contributed by atoms with Crippen molar-refractivity contribution in [2.24, 2.45) is 23.2 Å². The van der Waals surface area contributed by atoms with Crippen LogP contribution in [0.25, 0.3) is 0 Å². The predicted octanol–water partition coefficient (Wildman–Crippen LogP) is 1.84. The average Bonchev–Trinajstić information content (AvgIpc) is 2.68. The number of hydrogen-bond donors (Lipinski definition) is 2. The standard InChI is InChI=1S/C21H33ClN4O4/c1-12-15-6-13(21(15,2)3)7-16(12)24-17-8-23-26(20(29)19(17)22)10-18(28)25(4)9-14(27)11-30-5/h8,12-16,24,27H,6-7,9-11H2,1-5H3/t12-,13+,14+,15-,16-/m1/s1. The number of likely N-dealkylation sites (N-methyl/N-ethyl adjacent to an activating group) is 1. The van der Waals surface area contributed by atoms with Gasteiger partial charge in [-0.05, 0) is 36.0 Å². The molecule has 8 nitrogen and oxygen atoms in total. The molecule has 30 heavy (non-hydrogen) atoms. The number of aliphatic hydroxyl groups excluding tert-OH is 1. The molecule has 1 aromatic rings. The first-order valence-electron chi connectivity index (χ1n) is 10.5. The number of carbonyl (C=O) groups is 1. The molecule has 1 heterocycles. The van der Waals surface area contributed by atoms with E-state index < -0.39 is 11.7 Å². The minimum Gasteiger partial charge on any atom is -0.389 e. The maximum atomic E-state index is 12.7. The molecule has 0 aromatic carbocycles. The van der Waals surface area contributed by atoms with Crippen LogP contribution in [0.2, 0.25) is 5.02 Å². The summed E-state index contributed by atoms with van der Waals surface area (Å²) in [4.78, 5) is 26.4. The Morgan fingerprint density at radius 1 is 1.50 bits per heavy atom. The summed E-state index contributed by atoms with van der Waals surface area (Å²) in [5.41, 5.74) is 0.395. The van der Waals surface area contributed by atoms with Gasteiger partial charge in [-0.15, -0.1) is 0 Å². The fourth-order valence-corrected chi connectivity index (χ4v) is 5.33. The molecular formula is C21H33ClN4O4. The summed E-state index contributed by atoms with van der Waals surface area (Å²) in [6.07, 6.45) is 3.05. The molecular weight excluding hydrogens is 408 g/mol. The number of aliphatic hydroxyl groups is 1. The number of amides is 1. The SMILES string of the molecule is COC[C@@H](O)CN(C)C(=O)Cn1ncc(N[C@@H]2C[C@@H]3C[C@H]([C@H]2C)C3(C)C)c(Cl)c1=O. The van der Waals surface area contributed by atoms with Gasteiger partial charge in [0.15, 0.2) is 0 Å². The lowest BCUT2D eigenvalue weighted by Gasteiger charge is -2.62. The molecule has 168 valence electrons. The number of hydrogen-bond acceptors (Lipinski definition) is 6.